The Labute approximate surface area is 53.2 Å². The van der Waals surface area contributed by atoms with Crippen molar-refractivity contribution in [1.29, 1.82) is 0 Å². The molecule has 0 fully saturated rings. The van der Waals surface area contributed by atoms with Crippen LogP contribution in [0.4, 0.5) is 0 Å². The van der Waals surface area contributed by atoms with Crippen molar-refractivity contribution in [3.05, 3.63) is 30.1 Å². The third kappa shape index (κ3) is 1.53. The summed E-state index contributed by atoms with van der Waals surface area (Å²) in [6, 6.07) is 3.66. The average Bonchev–Trinajstić information content (AvgIpc) is 1.91. The van der Waals surface area contributed by atoms with Crippen LogP contribution < -0.4 is 5.84 Å². The number of pyridine rings is 1. The molecule has 3 heteroatoms. The molecule has 0 aliphatic rings. The summed E-state index contributed by atoms with van der Waals surface area (Å²) in [6.45, 7) is 0. The van der Waals surface area contributed by atoms with Crippen molar-refractivity contribution >= 4 is 6.21 Å². The number of nitrogens with zero attached hydrogens (tertiary/aromatic N) is 2. The lowest BCUT2D eigenvalue weighted by Gasteiger charge is -1.85. The van der Waals surface area contributed by atoms with Crippen LogP contribution in [0.25, 0.3) is 0 Å². The second-order valence-corrected chi connectivity index (χ2v) is 1.56. The molecule has 0 spiro atoms. The largest absolute Gasteiger partial charge is 0.323 e. The molecule has 46 valence electrons. The number of hydrogen-bond acceptors (Lipinski definition) is 3. The zero-order chi connectivity index (χ0) is 6.53. The summed E-state index contributed by atoms with van der Waals surface area (Å²) < 4.78 is 0. The molecule has 0 radical (unpaired) electrons. The summed E-state index contributed by atoms with van der Waals surface area (Å²) in [5.74, 6) is 4.91. The highest BCUT2D eigenvalue weighted by Crippen LogP contribution is 1.88. The maximum Gasteiger partial charge on any atom is 0.0539 e. The van der Waals surface area contributed by atoms with Gasteiger partial charge in [-0.2, -0.15) is 5.10 Å². The second kappa shape index (κ2) is 2.81. The van der Waals surface area contributed by atoms with Gasteiger partial charge in [0, 0.05) is 12.4 Å². The molecule has 1 aromatic heterocycles. The van der Waals surface area contributed by atoms with Crippen molar-refractivity contribution < 1.29 is 0 Å². The molecule has 1 rings (SSSR count). The summed E-state index contributed by atoms with van der Waals surface area (Å²) in [6.07, 6.45) is 4.95. The van der Waals surface area contributed by atoms with Gasteiger partial charge in [0.15, 0.2) is 0 Å². The van der Waals surface area contributed by atoms with Crippen LogP contribution in [0.5, 0.6) is 0 Å². The minimum absolute atomic E-state index is 0.965. The topological polar surface area (TPSA) is 51.3 Å². The van der Waals surface area contributed by atoms with Gasteiger partial charge < -0.3 is 5.84 Å². The average molecular weight is 121 g/mol. The maximum absolute atomic E-state index is 4.91. The number of hydrazone groups is 1. The monoisotopic (exact) mass is 121 g/mol. The van der Waals surface area contributed by atoms with E-state index in [9.17, 15) is 0 Å². The number of nitrogens with two attached hydrogens (primary N) is 1. The quantitative estimate of drug-likeness (QED) is 0.331. The zero-order valence-electron chi connectivity index (χ0n) is 4.86. The molecule has 0 saturated heterocycles. The van der Waals surface area contributed by atoms with Crippen LogP contribution in [-0.2, 0) is 0 Å². The SMILES string of the molecule is NN=Cc1ccncc1. The molecule has 0 saturated carbocycles. The van der Waals surface area contributed by atoms with Gasteiger partial charge >= 0.3 is 0 Å². The number of hydrogen-bond donors (Lipinski definition) is 1. The first kappa shape index (κ1) is 5.75. The van der Waals surface area contributed by atoms with E-state index in [4.69, 9.17) is 5.84 Å². The molecule has 0 aromatic carbocycles. The molecule has 0 aliphatic heterocycles. The van der Waals surface area contributed by atoms with E-state index in [-0.39, 0.29) is 0 Å². The van der Waals surface area contributed by atoms with Gasteiger partial charge in [-0.1, -0.05) is 0 Å². The zero-order valence-corrected chi connectivity index (χ0v) is 4.86. The summed E-state index contributed by atoms with van der Waals surface area (Å²) >= 11 is 0. The van der Waals surface area contributed by atoms with Crippen molar-refractivity contribution in [3.8, 4) is 0 Å². The summed E-state index contributed by atoms with van der Waals surface area (Å²) in [5, 5.41) is 3.35. The van der Waals surface area contributed by atoms with E-state index in [1.54, 1.807) is 18.6 Å². The van der Waals surface area contributed by atoms with Crippen molar-refractivity contribution in [2.24, 2.45) is 10.9 Å². The molecular formula is C6H7N3. The summed E-state index contributed by atoms with van der Waals surface area (Å²) in [7, 11) is 0. The number of aromatic nitrogens is 1. The van der Waals surface area contributed by atoms with Gasteiger partial charge in [0.2, 0.25) is 0 Å². The van der Waals surface area contributed by atoms with E-state index in [0.717, 1.165) is 5.56 Å². The van der Waals surface area contributed by atoms with Crippen molar-refractivity contribution in [1.82, 2.24) is 4.98 Å². The molecular weight excluding hydrogens is 114 g/mol. The van der Waals surface area contributed by atoms with E-state index < -0.39 is 0 Å². The van der Waals surface area contributed by atoms with Crippen LogP contribution >= 0.6 is 0 Å². The van der Waals surface area contributed by atoms with Gasteiger partial charge in [-0.3, -0.25) is 4.98 Å². The van der Waals surface area contributed by atoms with E-state index in [1.165, 1.54) is 0 Å². The predicted octanol–water partition coefficient (Wildman–Crippen LogP) is 0.374. The minimum Gasteiger partial charge on any atom is -0.323 e. The first-order valence-electron chi connectivity index (χ1n) is 2.57. The first-order valence-corrected chi connectivity index (χ1v) is 2.57. The highest BCUT2D eigenvalue weighted by atomic mass is 15.1. The lowest BCUT2D eigenvalue weighted by molar-refractivity contribution is 1.26. The minimum atomic E-state index is 0.965. The Hall–Kier alpha value is -1.38. The third-order valence-corrected chi connectivity index (χ3v) is 0.930. The Morgan fingerprint density at radius 3 is 2.67 bits per heavy atom. The Balaban J connectivity index is 2.85. The highest BCUT2D eigenvalue weighted by Gasteiger charge is 1.80. The van der Waals surface area contributed by atoms with Crippen molar-refractivity contribution in [3.63, 3.8) is 0 Å². The van der Waals surface area contributed by atoms with E-state index in [1.807, 2.05) is 12.1 Å². The molecule has 0 bridgehead atoms. The fraction of sp³-hybridized carbons (Fsp3) is 0. The van der Waals surface area contributed by atoms with Gasteiger partial charge in [0.1, 0.15) is 0 Å². The fourth-order valence-corrected chi connectivity index (χ4v) is 0.536. The normalized spacial score (nSPS) is 10.2. The predicted molar refractivity (Wildman–Crippen MR) is 36.0 cm³/mol. The van der Waals surface area contributed by atoms with Crippen molar-refractivity contribution in [2.45, 2.75) is 0 Å². The van der Waals surface area contributed by atoms with Crippen LogP contribution in [0, 0.1) is 0 Å². The van der Waals surface area contributed by atoms with Gasteiger partial charge in [0.05, 0.1) is 6.21 Å². The smallest absolute Gasteiger partial charge is 0.0539 e. The Morgan fingerprint density at radius 2 is 2.11 bits per heavy atom. The van der Waals surface area contributed by atoms with Crippen LogP contribution in [0.3, 0.4) is 0 Å². The maximum atomic E-state index is 4.91. The van der Waals surface area contributed by atoms with Gasteiger partial charge in [-0.15, -0.1) is 0 Å². The lowest BCUT2D eigenvalue weighted by Crippen LogP contribution is -1.85. The van der Waals surface area contributed by atoms with E-state index in [0.29, 0.717) is 0 Å². The molecule has 1 heterocycles. The summed E-state index contributed by atoms with van der Waals surface area (Å²) in [5.41, 5.74) is 0.965. The number of rotatable bonds is 1. The Kier molecular flexibility index (Phi) is 1.80. The Bertz CT molecular complexity index is 193. The van der Waals surface area contributed by atoms with Gasteiger partial charge in [-0.05, 0) is 17.7 Å². The molecule has 3 nitrogen and oxygen atoms in total. The Morgan fingerprint density at radius 1 is 1.44 bits per heavy atom. The molecule has 0 aliphatic carbocycles. The molecule has 0 unspecified atom stereocenters. The van der Waals surface area contributed by atoms with Crippen molar-refractivity contribution in [2.75, 3.05) is 0 Å². The molecule has 1 aromatic rings. The van der Waals surface area contributed by atoms with Crippen LogP contribution in [-0.4, -0.2) is 11.2 Å². The second-order valence-electron chi connectivity index (χ2n) is 1.56. The van der Waals surface area contributed by atoms with E-state index in [2.05, 4.69) is 10.1 Å². The van der Waals surface area contributed by atoms with E-state index >= 15 is 0 Å². The lowest BCUT2D eigenvalue weighted by atomic mass is 10.3. The molecule has 0 amide bonds. The molecule has 2 N–H and O–H groups in total. The van der Waals surface area contributed by atoms with Gasteiger partial charge in [-0.25, -0.2) is 0 Å². The first-order chi connectivity index (χ1) is 4.43. The molecule has 0 atom stereocenters. The van der Waals surface area contributed by atoms with Gasteiger partial charge in [0.25, 0.3) is 0 Å². The molecule has 9 heavy (non-hydrogen) atoms. The fourth-order valence-electron chi connectivity index (χ4n) is 0.536. The standard InChI is InChI=1S/C6H7N3/c7-9-5-6-1-3-8-4-2-6/h1-5H,7H2. The van der Waals surface area contributed by atoms with Crippen LogP contribution in [0.15, 0.2) is 29.6 Å². The third-order valence-electron chi connectivity index (χ3n) is 0.930. The highest BCUT2D eigenvalue weighted by molar-refractivity contribution is 5.78. The van der Waals surface area contributed by atoms with Crippen LogP contribution in [0.2, 0.25) is 0 Å². The van der Waals surface area contributed by atoms with Crippen LogP contribution in [0.1, 0.15) is 5.56 Å². The summed E-state index contributed by atoms with van der Waals surface area (Å²) in [4.78, 5) is 3.83.